The Morgan fingerprint density at radius 1 is 1.35 bits per heavy atom. The van der Waals surface area contributed by atoms with Crippen molar-refractivity contribution in [3.63, 3.8) is 0 Å². The molecule has 1 aliphatic heterocycles. The van der Waals surface area contributed by atoms with Gasteiger partial charge in [0.25, 0.3) is 0 Å². The second-order valence-electron chi connectivity index (χ2n) is 5.52. The van der Waals surface area contributed by atoms with Crippen molar-refractivity contribution in [1.82, 2.24) is 10.2 Å². The fraction of sp³-hybridized carbons (Fsp3) is 0.562. The number of hydrogen-bond acceptors (Lipinski definition) is 3. The molecule has 2 rings (SSSR count). The summed E-state index contributed by atoms with van der Waals surface area (Å²) in [6.45, 7) is 5.27. The first kappa shape index (κ1) is 14.9. The number of para-hydroxylation sites is 1. The number of carbonyl (C=O) groups excluding carboxylic acids is 1. The van der Waals surface area contributed by atoms with Gasteiger partial charge in [0.1, 0.15) is 5.75 Å². The van der Waals surface area contributed by atoms with E-state index in [0.717, 1.165) is 31.8 Å². The van der Waals surface area contributed by atoms with Crippen molar-refractivity contribution in [1.29, 1.82) is 0 Å². The standard InChI is InChI=1S/C16H24N2O2/c1-13-11-17-12-15(13)16(19)18(2)9-6-10-20-14-7-4-3-5-8-14/h3-5,7-8,13,15,17H,6,9-12H2,1-2H3/t13-,15-/m1/s1. The molecule has 0 bridgehead atoms. The Morgan fingerprint density at radius 2 is 2.10 bits per heavy atom. The summed E-state index contributed by atoms with van der Waals surface area (Å²) in [6, 6.07) is 9.77. The topological polar surface area (TPSA) is 41.6 Å². The van der Waals surface area contributed by atoms with E-state index in [9.17, 15) is 4.79 Å². The Morgan fingerprint density at radius 3 is 2.75 bits per heavy atom. The van der Waals surface area contributed by atoms with E-state index in [4.69, 9.17) is 4.74 Å². The lowest BCUT2D eigenvalue weighted by atomic mass is 9.97. The second-order valence-corrected chi connectivity index (χ2v) is 5.52. The van der Waals surface area contributed by atoms with E-state index in [-0.39, 0.29) is 11.8 Å². The summed E-state index contributed by atoms with van der Waals surface area (Å²) in [6.07, 6.45) is 0.853. The van der Waals surface area contributed by atoms with E-state index < -0.39 is 0 Å². The molecule has 4 nitrogen and oxygen atoms in total. The van der Waals surface area contributed by atoms with Crippen LogP contribution < -0.4 is 10.1 Å². The molecule has 1 aromatic carbocycles. The molecule has 4 heteroatoms. The SMILES string of the molecule is C[C@@H]1CNC[C@H]1C(=O)N(C)CCCOc1ccccc1. The first-order chi connectivity index (χ1) is 9.68. The van der Waals surface area contributed by atoms with Crippen molar-refractivity contribution in [3.8, 4) is 5.75 Å². The van der Waals surface area contributed by atoms with Gasteiger partial charge in [-0.15, -0.1) is 0 Å². The van der Waals surface area contributed by atoms with Gasteiger partial charge in [-0.3, -0.25) is 4.79 Å². The molecular weight excluding hydrogens is 252 g/mol. The maximum absolute atomic E-state index is 12.3. The maximum Gasteiger partial charge on any atom is 0.227 e. The number of carbonyl (C=O) groups is 1. The van der Waals surface area contributed by atoms with Gasteiger partial charge >= 0.3 is 0 Å². The van der Waals surface area contributed by atoms with E-state index in [2.05, 4.69) is 12.2 Å². The summed E-state index contributed by atoms with van der Waals surface area (Å²) >= 11 is 0. The van der Waals surface area contributed by atoms with E-state index in [1.807, 2.05) is 42.3 Å². The molecule has 0 saturated carbocycles. The van der Waals surface area contributed by atoms with Crippen LogP contribution in [0.3, 0.4) is 0 Å². The van der Waals surface area contributed by atoms with Crippen LogP contribution in [0.2, 0.25) is 0 Å². The van der Waals surface area contributed by atoms with E-state index >= 15 is 0 Å². The Balaban J connectivity index is 1.67. The normalized spacial score (nSPS) is 21.7. The van der Waals surface area contributed by atoms with Crippen LogP contribution in [0, 0.1) is 11.8 Å². The smallest absolute Gasteiger partial charge is 0.227 e. The van der Waals surface area contributed by atoms with Crippen LogP contribution in [-0.2, 0) is 4.79 Å². The molecule has 1 amide bonds. The lowest BCUT2D eigenvalue weighted by Gasteiger charge is -2.22. The molecule has 110 valence electrons. The van der Waals surface area contributed by atoms with Gasteiger partial charge in [-0.25, -0.2) is 0 Å². The van der Waals surface area contributed by atoms with Gasteiger partial charge in [0.15, 0.2) is 0 Å². The zero-order valence-electron chi connectivity index (χ0n) is 12.3. The lowest BCUT2D eigenvalue weighted by molar-refractivity contribution is -0.134. The number of ether oxygens (including phenoxy) is 1. The number of rotatable bonds is 6. The van der Waals surface area contributed by atoms with Gasteiger partial charge in [0.2, 0.25) is 5.91 Å². The fourth-order valence-electron chi connectivity index (χ4n) is 2.54. The third-order valence-electron chi connectivity index (χ3n) is 3.86. The first-order valence-electron chi connectivity index (χ1n) is 7.32. The highest BCUT2D eigenvalue weighted by Crippen LogP contribution is 2.18. The summed E-state index contributed by atoms with van der Waals surface area (Å²) in [5, 5.41) is 3.27. The highest BCUT2D eigenvalue weighted by Gasteiger charge is 2.31. The van der Waals surface area contributed by atoms with Crippen molar-refractivity contribution >= 4 is 5.91 Å². The average molecular weight is 276 g/mol. The molecule has 0 unspecified atom stereocenters. The molecule has 0 aliphatic carbocycles. The summed E-state index contributed by atoms with van der Waals surface area (Å²) in [4.78, 5) is 14.1. The minimum absolute atomic E-state index is 0.134. The van der Waals surface area contributed by atoms with Crippen LogP contribution in [-0.4, -0.2) is 44.1 Å². The number of hydrogen-bond donors (Lipinski definition) is 1. The molecule has 0 radical (unpaired) electrons. The van der Waals surface area contributed by atoms with Crippen LogP contribution in [0.1, 0.15) is 13.3 Å². The molecule has 1 fully saturated rings. The Kier molecular flexibility index (Phi) is 5.41. The fourth-order valence-corrected chi connectivity index (χ4v) is 2.54. The van der Waals surface area contributed by atoms with E-state index in [1.54, 1.807) is 0 Å². The number of amides is 1. The Hall–Kier alpha value is -1.55. The largest absolute Gasteiger partial charge is 0.494 e. The Labute approximate surface area is 121 Å². The summed E-state index contributed by atoms with van der Waals surface area (Å²) in [5.74, 6) is 1.71. The third kappa shape index (κ3) is 3.97. The predicted octanol–water partition coefficient (Wildman–Crippen LogP) is 1.77. The molecule has 0 aromatic heterocycles. The first-order valence-corrected chi connectivity index (χ1v) is 7.32. The van der Waals surface area contributed by atoms with Gasteiger partial charge in [0, 0.05) is 20.1 Å². The van der Waals surface area contributed by atoms with Crippen LogP contribution >= 0.6 is 0 Å². The van der Waals surface area contributed by atoms with Crippen LogP contribution in [0.15, 0.2) is 30.3 Å². The molecule has 0 spiro atoms. The monoisotopic (exact) mass is 276 g/mol. The van der Waals surface area contributed by atoms with Gasteiger partial charge in [-0.05, 0) is 31.0 Å². The third-order valence-corrected chi connectivity index (χ3v) is 3.86. The molecule has 1 aromatic rings. The summed E-state index contributed by atoms with van der Waals surface area (Å²) in [5.41, 5.74) is 0. The zero-order valence-corrected chi connectivity index (χ0v) is 12.3. The molecule has 1 saturated heterocycles. The van der Waals surface area contributed by atoms with Crippen molar-refractivity contribution < 1.29 is 9.53 Å². The Bertz CT molecular complexity index is 422. The predicted molar refractivity (Wildman–Crippen MR) is 79.7 cm³/mol. The highest BCUT2D eigenvalue weighted by molar-refractivity contribution is 5.79. The summed E-state index contributed by atoms with van der Waals surface area (Å²) < 4.78 is 5.63. The van der Waals surface area contributed by atoms with Crippen molar-refractivity contribution in [3.05, 3.63) is 30.3 Å². The highest BCUT2D eigenvalue weighted by atomic mass is 16.5. The summed E-state index contributed by atoms with van der Waals surface area (Å²) in [7, 11) is 1.88. The van der Waals surface area contributed by atoms with Crippen LogP contribution in [0.4, 0.5) is 0 Å². The molecular formula is C16H24N2O2. The minimum Gasteiger partial charge on any atom is -0.494 e. The van der Waals surface area contributed by atoms with Crippen molar-refractivity contribution in [2.45, 2.75) is 13.3 Å². The van der Waals surface area contributed by atoms with Crippen molar-refractivity contribution in [2.24, 2.45) is 11.8 Å². The maximum atomic E-state index is 12.3. The van der Waals surface area contributed by atoms with Crippen LogP contribution in [0.25, 0.3) is 0 Å². The average Bonchev–Trinajstić information content (AvgIpc) is 2.90. The van der Waals surface area contributed by atoms with E-state index in [0.29, 0.717) is 12.5 Å². The van der Waals surface area contributed by atoms with E-state index in [1.165, 1.54) is 0 Å². The number of nitrogens with zero attached hydrogens (tertiary/aromatic N) is 1. The van der Waals surface area contributed by atoms with Gasteiger partial charge in [0.05, 0.1) is 12.5 Å². The lowest BCUT2D eigenvalue weighted by Crippen LogP contribution is -2.37. The van der Waals surface area contributed by atoms with Crippen molar-refractivity contribution in [2.75, 3.05) is 33.3 Å². The molecule has 1 N–H and O–H groups in total. The zero-order chi connectivity index (χ0) is 14.4. The van der Waals surface area contributed by atoms with Crippen LogP contribution in [0.5, 0.6) is 5.75 Å². The number of nitrogens with one attached hydrogen (secondary N) is 1. The quantitative estimate of drug-likeness (QED) is 0.805. The molecule has 2 atom stereocenters. The number of benzene rings is 1. The molecule has 1 aliphatic rings. The second kappa shape index (κ2) is 7.29. The van der Waals surface area contributed by atoms with Gasteiger partial charge in [-0.2, -0.15) is 0 Å². The molecule has 20 heavy (non-hydrogen) atoms. The minimum atomic E-state index is 0.134. The van der Waals surface area contributed by atoms with Gasteiger partial charge in [-0.1, -0.05) is 25.1 Å². The van der Waals surface area contributed by atoms with Gasteiger partial charge < -0.3 is 15.0 Å². The molecule has 1 heterocycles.